The van der Waals surface area contributed by atoms with Gasteiger partial charge in [-0.2, -0.15) is 0 Å². The summed E-state index contributed by atoms with van der Waals surface area (Å²) in [4.78, 5) is 25.4. The highest BCUT2D eigenvalue weighted by molar-refractivity contribution is 5.70. The molecule has 0 aromatic heterocycles. The van der Waals surface area contributed by atoms with Crippen LogP contribution in [0.15, 0.2) is 146 Å². The first-order chi connectivity index (χ1) is 31.6. The molecule has 0 heterocycles. The predicted octanol–water partition coefficient (Wildman–Crippen LogP) is 17.3. The molecule has 0 aliphatic carbocycles. The molecular formula is C59H92O5. The molecule has 0 radical (unpaired) electrons. The number of unbranched alkanes of at least 4 members (excludes halogenated alkanes) is 9. The van der Waals surface area contributed by atoms with Gasteiger partial charge < -0.3 is 14.2 Å². The molecule has 64 heavy (non-hydrogen) atoms. The van der Waals surface area contributed by atoms with E-state index in [1.807, 2.05) is 0 Å². The van der Waals surface area contributed by atoms with Gasteiger partial charge in [0.15, 0.2) is 6.10 Å². The second kappa shape index (κ2) is 53.1. The Morgan fingerprint density at radius 2 is 0.703 bits per heavy atom. The van der Waals surface area contributed by atoms with Crippen molar-refractivity contribution in [1.82, 2.24) is 0 Å². The van der Waals surface area contributed by atoms with Gasteiger partial charge in [-0.25, -0.2) is 0 Å². The van der Waals surface area contributed by atoms with Crippen LogP contribution in [0.25, 0.3) is 0 Å². The maximum atomic E-state index is 12.8. The molecule has 0 aromatic carbocycles. The summed E-state index contributed by atoms with van der Waals surface area (Å²) < 4.78 is 17.3. The summed E-state index contributed by atoms with van der Waals surface area (Å²) in [5.74, 6) is -0.552. The topological polar surface area (TPSA) is 61.8 Å². The molecule has 0 N–H and O–H groups in total. The molecule has 0 saturated carbocycles. The van der Waals surface area contributed by atoms with E-state index in [9.17, 15) is 9.59 Å². The van der Waals surface area contributed by atoms with Crippen molar-refractivity contribution in [2.45, 2.75) is 194 Å². The van der Waals surface area contributed by atoms with Crippen molar-refractivity contribution in [3.05, 3.63) is 146 Å². The lowest BCUT2D eigenvalue weighted by atomic mass is 10.1. The molecule has 1 unspecified atom stereocenters. The summed E-state index contributed by atoms with van der Waals surface area (Å²) in [5.41, 5.74) is 0. The predicted molar refractivity (Wildman–Crippen MR) is 278 cm³/mol. The minimum absolute atomic E-state index is 0.0183. The van der Waals surface area contributed by atoms with Crippen molar-refractivity contribution < 1.29 is 23.8 Å². The summed E-state index contributed by atoms with van der Waals surface area (Å²) in [6, 6.07) is 0. The lowest BCUT2D eigenvalue weighted by Crippen LogP contribution is -2.30. The lowest BCUT2D eigenvalue weighted by Gasteiger charge is -2.18. The first-order valence-electron chi connectivity index (χ1n) is 25.4. The quantitative estimate of drug-likeness (QED) is 0.0347. The molecule has 0 bridgehead atoms. The fourth-order valence-electron chi connectivity index (χ4n) is 6.15. The first-order valence-corrected chi connectivity index (χ1v) is 25.4. The van der Waals surface area contributed by atoms with E-state index in [4.69, 9.17) is 14.2 Å². The molecule has 0 aliphatic rings. The summed E-state index contributed by atoms with van der Waals surface area (Å²) in [6.07, 6.45) is 77.2. The highest BCUT2D eigenvalue weighted by Gasteiger charge is 2.17. The highest BCUT2D eigenvalue weighted by Crippen LogP contribution is 2.10. The van der Waals surface area contributed by atoms with E-state index < -0.39 is 6.10 Å². The third-order valence-electron chi connectivity index (χ3n) is 9.82. The van der Waals surface area contributed by atoms with Gasteiger partial charge in [0.2, 0.25) is 0 Å². The Kier molecular flexibility index (Phi) is 49.6. The number of hydrogen-bond acceptors (Lipinski definition) is 5. The second-order valence-electron chi connectivity index (χ2n) is 15.9. The fraction of sp³-hybridized carbons (Fsp3) is 0.559. The zero-order chi connectivity index (χ0) is 46.3. The maximum absolute atomic E-state index is 12.8. The molecule has 358 valence electrons. The molecular weight excluding hydrogens is 789 g/mol. The van der Waals surface area contributed by atoms with Crippen LogP contribution in [0.3, 0.4) is 0 Å². The van der Waals surface area contributed by atoms with Crippen LogP contribution in [-0.2, 0) is 23.8 Å². The Hall–Kier alpha value is -4.22. The number of ether oxygens (including phenoxy) is 3. The van der Waals surface area contributed by atoms with E-state index in [1.165, 1.54) is 38.5 Å². The van der Waals surface area contributed by atoms with Gasteiger partial charge in [0, 0.05) is 19.4 Å². The molecule has 0 rings (SSSR count). The van der Waals surface area contributed by atoms with E-state index in [0.717, 1.165) is 103 Å². The van der Waals surface area contributed by atoms with Gasteiger partial charge in [-0.1, -0.05) is 199 Å². The highest BCUT2D eigenvalue weighted by atomic mass is 16.6. The Labute approximate surface area is 393 Å². The van der Waals surface area contributed by atoms with Crippen LogP contribution in [-0.4, -0.2) is 37.9 Å². The van der Waals surface area contributed by atoms with E-state index in [-0.39, 0.29) is 25.2 Å². The van der Waals surface area contributed by atoms with Gasteiger partial charge in [0.25, 0.3) is 0 Å². The van der Waals surface area contributed by atoms with Crippen molar-refractivity contribution in [1.29, 1.82) is 0 Å². The molecule has 0 amide bonds. The van der Waals surface area contributed by atoms with Gasteiger partial charge in [-0.05, 0) is 122 Å². The minimum atomic E-state index is -0.605. The average Bonchev–Trinajstić information content (AvgIpc) is 3.30. The zero-order valence-corrected chi connectivity index (χ0v) is 41.0. The Balaban J connectivity index is 4.52. The summed E-state index contributed by atoms with van der Waals surface area (Å²) in [7, 11) is 0. The van der Waals surface area contributed by atoms with Crippen LogP contribution in [0.1, 0.15) is 188 Å². The average molecular weight is 881 g/mol. The standard InChI is InChI=1S/C59H92O5/c1-4-7-10-13-16-19-22-25-28-30-32-34-37-40-43-46-49-52-58(60)63-56-57(55-62-54-51-48-45-42-39-36-27-24-21-18-15-12-9-6-3)64-59(61)53-50-47-44-41-38-35-33-31-29-26-23-20-17-14-11-8-5-2/h7-8,10-12,15-17,19-21,24-26,28-29,32-35,40-41,43-44,57H,4-6,9,13-14,18,22-23,27,30-31,36-39,42,45-56H2,1-3H3/b10-7-,11-8-,15-12-,19-16-,20-17-,24-21-,28-25-,29-26-,34-32-,35-33-,43-40-,44-41-. The second-order valence-corrected chi connectivity index (χ2v) is 15.9. The van der Waals surface area contributed by atoms with Crippen molar-refractivity contribution in [2.24, 2.45) is 0 Å². The molecule has 0 saturated heterocycles. The van der Waals surface area contributed by atoms with Crippen molar-refractivity contribution >= 4 is 11.9 Å². The summed E-state index contributed by atoms with van der Waals surface area (Å²) in [5, 5.41) is 0. The lowest BCUT2D eigenvalue weighted by molar-refractivity contribution is -0.162. The van der Waals surface area contributed by atoms with E-state index in [1.54, 1.807) is 0 Å². The maximum Gasteiger partial charge on any atom is 0.306 e. The normalized spacial score (nSPS) is 13.5. The van der Waals surface area contributed by atoms with Gasteiger partial charge in [0.1, 0.15) is 6.61 Å². The fourth-order valence-corrected chi connectivity index (χ4v) is 6.15. The number of hydrogen-bond donors (Lipinski definition) is 0. The Morgan fingerprint density at radius 3 is 1.12 bits per heavy atom. The Morgan fingerprint density at radius 1 is 0.359 bits per heavy atom. The van der Waals surface area contributed by atoms with Crippen molar-refractivity contribution in [3.8, 4) is 0 Å². The molecule has 0 aliphatic heterocycles. The van der Waals surface area contributed by atoms with Crippen molar-refractivity contribution in [3.63, 3.8) is 0 Å². The number of allylic oxidation sites excluding steroid dienone is 24. The first kappa shape index (κ1) is 59.8. The number of esters is 2. The third-order valence-corrected chi connectivity index (χ3v) is 9.82. The summed E-state index contributed by atoms with van der Waals surface area (Å²) >= 11 is 0. The van der Waals surface area contributed by atoms with Gasteiger partial charge in [0.05, 0.1) is 6.61 Å². The number of carbonyl (C=O) groups is 2. The minimum Gasteiger partial charge on any atom is -0.462 e. The van der Waals surface area contributed by atoms with Crippen LogP contribution in [0.4, 0.5) is 0 Å². The van der Waals surface area contributed by atoms with Crippen LogP contribution in [0.2, 0.25) is 0 Å². The van der Waals surface area contributed by atoms with Crippen LogP contribution in [0.5, 0.6) is 0 Å². The number of carbonyl (C=O) groups excluding carboxylic acids is 2. The van der Waals surface area contributed by atoms with E-state index in [2.05, 4.69) is 167 Å². The van der Waals surface area contributed by atoms with E-state index >= 15 is 0 Å². The van der Waals surface area contributed by atoms with Gasteiger partial charge in [-0.3, -0.25) is 9.59 Å². The third kappa shape index (κ3) is 50.4. The SMILES string of the molecule is CC/C=C\C/C=C\C/C=C\C/C=C\C/C=C\CCCC(=O)OCC(COCCCCCCCC/C=C\C/C=C\CCC)OC(=O)CCC/C=C\C/C=C\C/C=C\C/C=C\C/C=C\CC. The zero-order valence-electron chi connectivity index (χ0n) is 41.0. The molecule has 0 aromatic rings. The molecule has 0 spiro atoms. The monoisotopic (exact) mass is 881 g/mol. The number of rotatable bonds is 44. The molecule has 5 heteroatoms. The van der Waals surface area contributed by atoms with E-state index in [0.29, 0.717) is 32.3 Å². The van der Waals surface area contributed by atoms with Crippen LogP contribution in [0, 0.1) is 0 Å². The smallest absolute Gasteiger partial charge is 0.306 e. The molecule has 5 nitrogen and oxygen atoms in total. The van der Waals surface area contributed by atoms with Gasteiger partial charge in [-0.15, -0.1) is 0 Å². The van der Waals surface area contributed by atoms with Crippen molar-refractivity contribution in [2.75, 3.05) is 19.8 Å². The van der Waals surface area contributed by atoms with Gasteiger partial charge >= 0.3 is 11.9 Å². The molecule has 0 fully saturated rings. The largest absolute Gasteiger partial charge is 0.462 e. The van der Waals surface area contributed by atoms with Crippen LogP contribution < -0.4 is 0 Å². The summed E-state index contributed by atoms with van der Waals surface area (Å²) in [6.45, 7) is 7.36. The molecule has 1 atom stereocenters. The Bertz CT molecular complexity index is 1410. The van der Waals surface area contributed by atoms with Crippen LogP contribution >= 0.6 is 0 Å².